The number of ether oxygens (including phenoxy) is 1. The third-order valence-corrected chi connectivity index (χ3v) is 4.58. The molecule has 0 saturated heterocycles. The minimum Gasteiger partial charge on any atom is -0.463 e. The Hall–Kier alpha value is -3.69. The number of carbonyl (C=O) groups is 2. The van der Waals surface area contributed by atoms with Gasteiger partial charge in [0.2, 0.25) is 0 Å². The molecule has 0 fully saturated rings. The summed E-state index contributed by atoms with van der Waals surface area (Å²) >= 11 is 0. The fraction of sp³-hybridized carbons (Fsp3) is 0.316. The van der Waals surface area contributed by atoms with Gasteiger partial charge >= 0.3 is 5.97 Å². The van der Waals surface area contributed by atoms with Crippen molar-refractivity contribution in [3.63, 3.8) is 0 Å². The number of aromatic nitrogens is 4. The maximum absolute atomic E-state index is 12.6. The van der Waals surface area contributed by atoms with Gasteiger partial charge in [-0.25, -0.2) is 9.78 Å². The largest absolute Gasteiger partial charge is 0.463 e. The van der Waals surface area contributed by atoms with Crippen molar-refractivity contribution in [3.05, 3.63) is 54.7 Å². The molecule has 0 saturated carbocycles. The van der Waals surface area contributed by atoms with Crippen LogP contribution in [0.1, 0.15) is 23.7 Å². The summed E-state index contributed by atoms with van der Waals surface area (Å²) in [5, 5.41) is 11.0. The number of imidazole rings is 1. The van der Waals surface area contributed by atoms with Gasteiger partial charge in [0.25, 0.3) is 11.5 Å². The lowest BCUT2D eigenvalue weighted by Crippen LogP contribution is -2.45. The van der Waals surface area contributed by atoms with E-state index in [2.05, 4.69) is 20.6 Å². The summed E-state index contributed by atoms with van der Waals surface area (Å²) < 4.78 is 8.54. The third kappa shape index (κ3) is 3.68. The lowest BCUT2D eigenvalue weighted by molar-refractivity contribution is -0.171. The van der Waals surface area contributed by atoms with Crippen LogP contribution in [0, 0.1) is 0 Å². The highest BCUT2D eigenvalue weighted by molar-refractivity contribution is 6.03. The number of amides is 1. The number of nitrogens with one attached hydrogen (secondary N) is 1. The molecule has 1 aliphatic rings. The monoisotopic (exact) mass is 396 g/mol. The fourth-order valence-electron chi connectivity index (χ4n) is 3.22. The van der Waals surface area contributed by atoms with E-state index in [-0.39, 0.29) is 32.0 Å². The summed E-state index contributed by atoms with van der Waals surface area (Å²) in [6, 6.07) is 5.23. The molecule has 1 unspecified atom stereocenters. The van der Waals surface area contributed by atoms with Crippen molar-refractivity contribution >= 4 is 23.2 Å². The standard InChI is InChI=1S/C19H20N6O4/c1-2-28-18(27)19(13-25-9-4-6-22-25)11-14(23-29-19)12-21-17(26)15-5-3-8-24-10-7-20-16(15)24/h3-10H,2,11-13H2,1H3,(H,21,26). The SMILES string of the molecule is CCOC(=O)C1(Cn2cccn2)CC(CNC(=O)c2cccn3ccnc23)=NO1. The summed E-state index contributed by atoms with van der Waals surface area (Å²) in [6.07, 6.45) is 8.76. The van der Waals surface area contributed by atoms with Crippen LogP contribution in [0.4, 0.5) is 0 Å². The van der Waals surface area contributed by atoms with Gasteiger partial charge in [-0.2, -0.15) is 5.10 Å². The van der Waals surface area contributed by atoms with Crippen molar-refractivity contribution in [1.82, 2.24) is 24.5 Å². The van der Waals surface area contributed by atoms with Crippen LogP contribution in [0.2, 0.25) is 0 Å². The van der Waals surface area contributed by atoms with Crippen molar-refractivity contribution in [3.8, 4) is 0 Å². The summed E-state index contributed by atoms with van der Waals surface area (Å²) in [6.45, 7) is 2.25. The smallest absolute Gasteiger partial charge is 0.355 e. The normalized spacial score (nSPS) is 18.3. The van der Waals surface area contributed by atoms with Crippen molar-refractivity contribution < 1.29 is 19.2 Å². The Kier molecular flexibility index (Phi) is 4.98. The molecule has 150 valence electrons. The van der Waals surface area contributed by atoms with E-state index in [1.807, 2.05) is 6.20 Å². The second-order valence-corrected chi connectivity index (χ2v) is 6.61. The zero-order valence-corrected chi connectivity index (χ0v) is 15.8. The van der Waals surface area contributed by atoms with Crippen molar-refractivity contribution in [2.75, 3.05) is 13.2 Å². The van der Waals surface area contributed by atoms with E-state index in [0.717, 1.165) is 0 Å². The van der Waals surface area contributed by atoms with E-state index in [1.165, 1.54) is 0 Å². The van der Waals surface area contributed by atoms with Gasteiger partial charge < -0.3 is 19.3 Å². The van der Waals surface area contributed by atoms with Gasteiger partial charge in [0.05, 0.1) is 31.0 Å². The van der Waals surface area contributed by atoms with E-state index in [9.17, 15) is 9.59 Å². The highest BCUT2D eigenvalue weighted by Gasteiger charge is 2.48. The maximum atomic E-state index is 12.6. The van der Waals surface area contributed by atoms with E-state index in [0.29, 0.717) is 16.9 Å². The molecule has 0 spiro atoms. The number of fused-ring (bicyclic) bond motifs is 1. The summed E-state index contributed by atoms with van der Waals surface area (Å²) in [5.74, 6) is -0.798. The second kappa shape index (κ2) is 7.74. The first-order valence-corrected chi connectivity index (χ1v) is 9.20. The molecule has 1 atom stereocenters. The summed E-state index contributed by atoms with van der Waals surface area (Å²) in [5.41, 5.74) is 0.249. The van der Waals surface area contributed by atoms with Gasteiger partial charge in [0.15, 0.2) is 0 Å². The molecule has 0 aromatic carbocycles. The van der Waals surface area contributed by atoms with Crippen LogP contribution in [0.25, 0.3) is 5.65 Å². The zero-order valence-electron chi connectivity index (χ0n) is 15.8. The molecule has 0 radical (unpaired) electrons. The molecular weight excluding hydrogens is 376 g/mol. The first kappa shape index (κ1) is 18.7. The zero-order chi connectivity index (χ0) is 20.3. The number of carbonyl (C=O) groups excluding carboxylic acids is 2. The Morgan fingerprint density at radius 2 is 2.17 bits per heavy atom. The fourth-order valence-corrected chi connectivity index (χ4v) is 3.22. The van der Waals surface area contributed by atoms with E-state index >= 15 is 0 Å². The quantitative estimate of drug-likeness (QED) is 0.597. The average Bonchev–Trinajstić information content (AvgIpc) is 3.47. The van der Waals surface area contributed by atoms with E-state index < -0.39 is 11.6 Å². The van der Waals surface area contributed by atoms with Crippen molar-refractivity contribution in [2.24, 2.45) is 5.16 Å². The number of hydrogen-bond donors (Lipinski definition) is 1. The number of esters is 1. The number of rotatable bonds is 7. The van der Waals surface area contributed by atoms with Crippen LogP contribution in [-0.2, 0) is 20.9 Å². The molecule has 3 aromatic heterocycles. The molecule has 29 heavy (non-hydrogen) atoms. The average molecular weight is 396 g/mol. The highest BCUT2D eigenvalue weighted by Crippen LogP contribution is 2.27. The third-order valence-electron chi connectivity index (χ3n) is 4.58. The Morgan fingerprint density at radius 3 is 2.97 bits per heavy atom. The highest BCUT2D eigenvalue weighted by atomic mass is 16.7. The van der Waals surface area contributed by atoms with Gasteiger partial charge in [-0.05, 0) is 25.1 Å². The minimum absolute atomic E-state index is 0.140. The lowest BCUT2D eigenvalue weighted by atomic mass is 9.97. The van der Waals surface area contributed by atoms with Gasteiger partial charge in [0.1, 0.15) is 5.65 Å². The van der Waals surface area contributed by atoms with Gasteiger partial charge in [0, 0.05) is 37.4 Å². The minimum atomic E-state index is -1.30. The number of pyridine rings is 1. The number of hydrogen-bond acceptors (Lipinski definition) is 7. The molecule has 10 heteroatoms. The Balaban J connectivity index is 1.44. The molecular formula is C19H20N6O4. The summed E-state index contributed by atoms with van der Waals surface area (Å²) in [4.78, 5) is 34.9. The van der Waals surface area contributed by atoms with E-state index in [4.69, 9.17) is 9.57 Å². The van der Waals surface area contributed by atoms with Crippen LogP contribution in [-0.4, -0.2) is 55.5 Å². The predicted molar refractivity (Wildman–Crippen MR) is 102 cm³/mol. The molecule has 4 heterocycles. The van der Waals surface area contributed by atoms with Crippen LogP contribution in [0.5, 0.6) is 0 Å². The Labute approximate surface area is 166 Å². The molecule has 0 aliphatic carbocycles. The van der Waals surface area contributed by atoms with Gasteiger partial charge in [-0.1, -0.05) is 5.16 Å². The molecule has 0 bridgehead atoms. The predicted octanol–water partition coefficient (Wildman–Crippen LogP) is 1.04. The second-order valence-electron chi connectivity index (χ2n) is 6.61. The molecule has 1 aliphatic heterocycles. The maximum Gasteiger partial charge on any atom is 0.355 e. The first-order valence-electron chi connectivity index (χ1n) is 9.20. The van der Waals surface area contributed by atoms with Gasteiger partial charge in [-0.3, -0.25) is 9.48 Å². The molecule has 1 amide bonds. The van der Waals surface area contributed by atoms with E-state index in [1.54, 1.807) is 59.0 Å². The Morgan fingerprint density at radius 1 is 1.28 bits per heavy atom. The van der Waals surface area contributed by atoms with Crippen molar-refractivity contribution in [2.45, 2.75) is 25.5 Å². The van der Waals surface area contributed by atoms with Crippen LogP contribution in [0.15, 0.2) is 54.3 Å². The molecule has 4 rings (SSSR count). The number of nitrogens with zero attached hydrogens (tertiary/aromatic N) is 5. The lowest BCUT2D eigenvalue weighted by Gasteiger charge is -2.24. The van der Waals surface area contributed by atoms with Gasteiger partial charge in [-0.15, -0.1) is 0 Å². The first-order chi connectivity index (χ1) is 14.1. The number of oxime groups is 1. The molecule has 3 aromatic rings. The van der Waals surface area contributed by atoms with Crippen molar-refractivity contribution in [1.29, 1.82) is 0 Å². The topological polar surface area (TPSA) is 112 Å². The van der Waals surface area contributed by atoms with Crippen LogP contribution in [0.3, 0.4) is 0 Å². The molecule has 10 nitrogen and oxygen atoms in total. The summed E-state index contributed by atoms with van der Waals surface area (Å²) in [7, 11) is 0. The van der Waals surface area contributed by atoms with Crippen LogP contribution >= 0.6 is 0 Å². The Bertz CT molecular complexity index is 1060. The van der Waals surface area contributed by atoms with Crippen LogP contribution < -0.4 is 5.32 Å². The molecule has 1 N–H and O–H groups in total.